The summed E-state index contributed by atoms with van der Waals surface area (Å²) in [5.74, 6) is -2.19. The molecule has 0 aliphatic rings. The molecule has 2 N–H and O–H groups in total. The number of aromatic carboxylic acids is 2. The van der Waals surface area contributed by atoms with Gasteiger partial charge in [-0.05, 0) is 73.6 Å². The second-order valence-electron chi connectivity index (χ2n) is 7.69. The maximum atomic E-state index is 12.2. The molecule has 0 aliphatic heterocycles. The average molecular weight is 391 g/mol. The third-order valence-electron chi connectivity index (χ3n) is 5.50. The van der Waals surface area contributed by atoms with Crippen molar-refractivity contribution in [3.05, 3.63) is 33.4 Å². The molecule has 158 valence electrons. The fourth-order valence-corrected chi connectivity index (χ4v) is 4.01. The minimum atomic E-state index is -1.10. The first-order valence-electron chi connectivity index (χ1n) is 11.1. The summed E-state index contributed by atoms with van der Waals surface area (Å²) in [7, 11) is 0. The standard InChI is InChI=1S/C24H38O4/c1-5-9-13-17-18(14-10-6-2)20(16-12-8-4)22(24(27)28)21(23(25)26)19(17)15-11-7-3/h5-16H2,1-4H3,(H,25,26)(H,27,28). The van der Waals surface area contributed by atoms with Crippen molar-refractivity contribution in [2.75, 3.05) is 0 Å². The number of carbonyl (C=O) groups is 2. The molecule has 0 aliphatic carbocycles. The van der Waals surface area contributed by atoms with E-state index in [1.807, 2.05) is 0 Å². The van der Waals surface area contributed by atoms with Crippen molar-refractivity contribution in [3.63, 3.8) is 0 Å². The molecule has 1 rings (SSSR count). The highest BCUT2D eigenvalue weighted by molar-refractivity contribution is 6.04. The Morgan fingerprint density at radius 3 is 1.00 bits per heavy atom. The van der Waals surface area contributed by atoms with Gasteiger partial charge < -0.3 is 10.2 Å². The van der Waals surface area contributed by atoms with Crippen LogP contribution in [0.1, 0.15) is 122 Å². The Balaban J connectivity index is 3.89. The van der Waals surface area contributed by atoms with E-state index in [4.69, 9.17) is 0 Å². The van der Waals surface area contributed by atoms with Gasteiger partial charge in [0.05, 0.1) is 11.1 Å². The van der Waals surface area contributed by atoms with Crippen molar-refractivity contribution >= 4 is 11.9 Å². The summed E-state index contributed by atoms with van der Waals surface area (Å²) in [5, 5.41) is 20.0. The highest BCUT2D eigenvalue weighted by Gasteiger charge is 2.29. The van der Waals surface area contributed by atoms with Crippen LogP contribution in [0, 0.1) is 0 Å². The highest BCUT2D eigenvalue weighted by atomic mass is 16.4. The molecule has 0 spiro atoms. The van der Waals surface area contributed by atoms with E-state index in [1.165, 1.54) is 0 Å². The molecule has 0 saturated heterocycles. The molecule has 0 bridgehead atoms. The van der Waals surface area contributed by atoms with Gasteiger partial charge in [0, 0.05) is 0 Å². The molecule has 0 unspecified atom stereocenters. The fourth-order valence-electron chi connectivity index (χ4n) is 4.01. The van der Waals surface area contributed by atoms with E-state index in [1.54, 1.807) is 0 Å². The second kappa shape index (κ2) is 12.6. The molecule has 0 saturated carbocycles. The van der Waals surface area contributed by atoms with Crippen molar-refractivity contribution in [1.29, 1.82) is 0 Å². The van der Waals surface area contributed by atoms with Gasteiger partial charge in [0.1, 0.15) is 0 Å². The average Bonchev–Trinajstić information content (AvgIpc) is 2.66. The predicted octanol–water partition coefficient (Wildman–Crippen LogP) is 6.45. The van der Waals surface area contributed by atoms with Gasteiger partial charge in [-0.25, -0.2) is 9.59 Å². The molecular weight excluding hydrogens is 352 g/mol. The van der Waals surface area contributed by atoms with E-state index >= 15 is 0 Å². The highest BCUT2D eigenvalue weighted by Crippen LogP contribution is 2.34. The minimum absolute atomic E-state index is 0.0541. The normalized spacial score (nSPS) is 11.0. The number of hydrogen-bond acceptors (Lipinski definition) is 2. The van der Waals surface area contributed by atoms with Gasteiger partial charge in [-0.3, -0.25) is 0 Å². The zero-order valence-corrected chi connectivity index (χ0v) is 18.2. The Kier molecular flexibility index (Phi) is 10.9. The molecule has 1 aromatic rings. The second-order valence-corrected chi connectivity index (χ2v) is 7.69. The van der Waals surface area contributed by atoms with Crippen molar-refractivity contribution in [1.82, 2.24) is 0 Å². The quantitative estimate of drug-likeness (QED) is 0.382. The number of hydrogen-bond donors (Lipinski definition) is 2. The largest absolute Gasteiger partial charge is 0.478 e. The molecule has 28 heavy (non-hydrogen) atoms. The van der Waals surface area contributed by atoms with Crippen LogP contribution in [0.4, 0.5) is 0 Å². The van der Waals surface area contributed by atoms with E-state index in [-0.39, 0.29) is 11.1 Å². The SMILES string of the molecule is CCCCc1c(CCCC)c(CCCC)c(C(=O)O)c(C(=O)O)c1CCCC. The van der Waals surface area contributed by atoms with Gasteiger partial charge in [-0.2, -0.15) is 0 Å². The number of unbranched alkanes of at least 4 members (excludes halogenated alkanes) is 4. The molecule has 4 nitrogen and oxygen atoms in total. The van der Waals surface area contributed by atoms with Crippen molar-refractivity contribution < 1.29 is 19.8 Å². The lowest BCUT2D eigenvalue weighted by Gasteiger charge is -2.24. The summed E-state index contributed by atoms with van der Waals surface area (Å²) < 4.78 is 0. The van der Waals surface area contributed by atoms with E-state index < -0.39 is 11.9 Å². The summed E-state index contributed by atoms with van der Waals surface area (Å²) in [4.78, 5) is 24.4. The minimum Gasteiger partial charge on any atom is -0.478 e. The van der Waals surface area contributed by atoms with Crippen LogP contribution in [-0.2, 0) is 25.7 Å². The van der Waals surface area contributed by atoms with Crippen LogP contribution in [0.25, 0.3) is 0 Å². The molecule has 0 atom stereocenters. The number of carboxylic acids is 2. The Morgan fingerprint density at radius 2 is 0.786 bits per heavy atom. The topological polar surface area (TPSA) is 74.6 Å². The summed E-state index contributed by atoms with van der Waals surface area (Å²) in [6, 6.07) is 0. The Labute approximate surface area is 170 Å². The lowest BCUT2D eigenvalue weighted by Crippen LogP contribution is -2.20. The van der Waals surface area contributed by atoms with Crippen LogP contribution in [0.3, 0.4) is 0 Å². The smallest absolute Gasteiger partial charge is 0.336 e. The zero-order chi connectivity index (χ0) is 21.1. The van der Waals surface area contributed by atoms with E-state index in [0.717, 1.165) is 86.5 Å². The van der Waals surface area contributed by atoms with E-state index in [2.05, 4.69) is 27.7 Å². The predicted molar refractivity (Wildman–Crippen MR) is 115 cm³/mol. The third kappa shape index (κ3) is 6.08. The van der Waals surface area contributed by atoms with Crippen molar-refractivity contribution in [2.45, 2.75) is 105 Å². The number of benzene rings is 1. The lowest BCUT2D eigenvalue weighted by atomic mass is 9.79. The van der Waals surface area contributed by atoms with Crippen LogP contribution < -0.4 is 0 Å². The molecular formula is C24H38O4. The van der Waals surface area contributed by atoms with E-state index in [9.17, 15) is 19.8 Å². The molecule has 0 amide bonds. The summed E-state index contributed by atoms with van der Waals surface area (Å²) in [6.07, 6.45) is 10.7. The monoisotopic (exact) mass is 390 g/mol. The van der Waals surface area contributed by atoms with Gasteiger partial charge in [0.25, 0.3) is 0 Å². The van der Waals surface area contributed by atoms with Gasteiger partial charge in [-0.1, -0.05) is 53.4 Å². The zero-order valence-electron chi connectivity index (χ0n) is 18.2. The lowest BCUT2D eigenvalue weighted by molar-refractivity contribution is 0.0649. The maximum Gasteiger partial charge on any atom is 0.336 e. The van der Waals surface area contributed by atoms with E-state index in [0.29, 0.717) is 12.8 Å². The molecule has 1 aromatic carbocycles. The van der Waals surface area contributed by atoms with Gasteiger partial charge >= 0.3 is 11.9 Å². The molecule has 0 aromatic heterocycles. The fraction of sp³-hybridized carbons (Fsp3) is 0.667. The molecule has 0 heterocycles. The van der Waals surface area contributed by atoms with Gasteiger partial charge in [-0.15, -0.1) is 0 Å². The number of rotatable bonds is 14. The Hall–Kier alpha value is -1.84. The first kappa shape index (κ1) is 24.2. The summed E-state index contributed by atoms with van der Waals surface area (Å²) in [6.45, 7) is 8.44. The number of carboxylic acid groups (broad SMARTS) is 2. The summed E-state index contributed by atoms with van der Waals surface area (Å²) >= 11 is 0. The molecule has 0 fully saturated rings. The van der Waals surface area contributed by atoms with Crippen molar-refractivity contribution in [2.24, 2.45) is 0 Å². The van der Waals surface area contributed by atoms with Crippen molar-refractivity contribution in [3.8, 4) is 0 Å². The Bertz CT molecular complexity index is 604. The first-order valence-corrected chi connectivity index (χ1v) is 11.1. The maximum absolute atomic E-state index is 12.2. The van der Waals surface area contributed by atoms with Crippen LogP contribution in [0.5, 0.6) is 0 Å². The van der Waals surface area contributed by atoms with Crippen LogP contribution in [-0.4, -0.2) is 22.2 Å². The van der Waals surface area contributed by atoms with Crippen LogP contribution >= 0.6 is 0 Å². The van der Waals surface area contributed by atoms with Crippen LogP contribution in [0.15, 0.2) is 0 Å². The molecule has 4 heteroatoms. The summed E-state index contributed by atoms with van der Waals surface area (Å²) in [5.41, 5.74) is 3.95. The molecule has 0 radical (unpaired) electrons. The van der Waals surface area contributed by atoms with Gasteiger partial charge in [0.15, 0.2) is 0 Å². The third-order valence-corrected chi connectivity index (χ3v) is 5.50. The van der Waals surface area contributed by atoms with Gasteiger partial charge in [0.2, 0.25) is 0 Å². The van der Waals surface area contributed by atoms with Crippen LogP contribution in [0.2, 0.25) is 0 Å². The first-order chi connectivity index (χ1) is 13.4. The Morgan fingerprint density at radius 1 is 0.536 bits per heavy atom.